The number of hydrazone groups is 1. The summed E-state index contributed by atoms with van der Waals surface area (Å²) in [6.45, 7) is 0. The number of nitrogens with one attached hydrogen (secondary N) is 1. The van der Waals surface area contributed by atoms with Crippen molar-refractivity contribution in [3.8, 4) is 16.9 Å². The van der Waals surface area contributed by atoms with E-state index in [1.54, 1.807) is 13.3 Å². The molecule has 0 aliphatic heterocycles. The Morgan fingerprint density at radius 3 is 2.15 bits per heavy atom. The van der Waals surface area contributed by atoms with Crippen LogP contribution in [0.1, 0.15) is 5.56 Å². The second-order valence-corrected chi connectivity index (χ2v) is 4.52. The maximum absolute atomic E-state index is 5.28. The Morgan fingerprint density at radius 2 is 1.65 bits per heavy atom. The number of nitrogens with zero attached hydrogens (tertiary/aromatic N) is 1. The van der Waals surface area contributed by atoms with Gasteiger partial charge in [-0.1, -0.05) is 36.4 Å². The average Bonchev–Trinajstić information content (AvgIpc) is 2.48. The summed E-state index contributed by atoms with van der Waals surface area (Å²) in [5.41, 5.74) is 11.0. The van der Waals surface area contributed by atoms with Gasteiger partial charge < -0.3 is 10.5 Å². The molecular weight excluding hydrogens is 270 g/mol. The number of methoxy groups -OCH3 is 1. The van der Waals surface area contributed by atoms with E-state index < -0.39 is 0 Å². The van der Waals surface area contributed by atoms with Crippen molar-refractivity contribution >= 4 is 23.5 Å². The van der Waals surface area contributed by atoms with E-state index in [4.69, 9.17) is 10.5 Å². The minimum atomic E-state index is 0.149. The SMILES string of the molecule is COc1ccc(-c2ccc(C=NNC(N)=S)cc2)cc1. The molecule has 0 bridgehead atoms. The average molecular weight is 285 g/mol. The number of thiocarbonyl (C=S) groups is 1. The molecule has 102 valence electrons. The van der Waals surface area contributed by atoms with Gasteiger partial charge in [0.15, 0.2) is 5.11 Å². The fourth-order valence-electron chi connectivity index (χ4n) is 1.72. The molecule has 2 rings (SSSR count). The third-order valence-corrected chi connectivity index (χ3v) is 2.81. The monoisotopic (exact) mass is 285 g/mol. The van der Waals surface area contributed by atoms with Crippen LogP contribution in [0.2, 0.25) is 0 Å². The maximum Gasteiger partial charge on any atom is 0.184 e. The van der Waals surface area contributed by atoms with Crippen LogP contribution in [0.25, 0.3) is 11.1 Å². The van der Waals surface area contributed by atoms with Crippen LogP contribution in [0.15, 0.2) is 53.6 Å². The summed E-state index contributed by atoms with van der Waals surface area (Å²) in [7, 11) is 1.66. The lowest BCUT2D eigenvalue weighted by atomic mass is 10.0. The van der Waals surface area contributed by atoms with Crippen molar-refractivity contribution in [3.05, 3.63) is 54.1 Å². The minimum Gasteiger partial charge on any atom is -0.497 e. The van der Waals surface area contributed by atoms with E-state index in [-0.39, 0.29) is 5.11 Å². The standard InChI is InChI=1S/C15H15N3OS/c1-19-14-8-6-13(7-9-14)12-4-2-11(3-5-12)10-17-18-15(16)20/h2-10H,1H3,(H3,16,18,20). The molecule has 0 amide bonds. The predicted octanol–water partition coefficient (Wildman–Crippen LogP) is 2.53. The lowest BCUT2D eigenvalue weighted by Gasteiger charge is -2.04. The van der Waals surface area contributed by atoms with Crippen molar-refractivity contribution in [2.45, 2.75) is 0 Å². The van der Waals surface area contributed by atoms with E-state index in [2.05, 4.69) is 22.7 Å². The van der Waals surface area contributed by atoms with Crippen molar-refractivity contribution in [1.82, 2.24) is 5.43 Å². The molecule has 0 atom stereocenters. The third-order valence-electron chi connectivity index (χ3n) is 2.72. The van der Waals surface area contributed by atoms with Gasteiger partial charge in [-0.15, -0.1) is 0 Å². The second kappa shape index (κ2) is 6.68. The Bertz CT molecular complexity index is 606. The van der Waals surface area contributed by atoms with Gasteiger partial charge in [0.05, 0.1) is 13.3 Å². The Kier molecular flexibility index (Phi) is 4.68. The molecule has 2 aromatic rings. The zero-order chi connectivity index (χ0) is 14.4. The van der Waals surface area contributed by atoms with Gasteiger partial charge >= 0.3 is 0 Å². The summed E-state index contributed by atoms with van der Waals surface area (Å²) in [6.07, 6.45) is 1.66. The molecule has 0 radical (unpaired) electrons. The molecule has 3 N–H and O–H groups in total. The molecule has 2 aromatic carbocycles. The zero-order valence-corrected chi connectivity index (χ0v) is 11.9. The van der Waals surface area contributed by atoms with Crippen LogP contribution in [0.5, 0.6) is 5.75 Å². The van der Waals surface area contributed by atoms with Crippen LogP contribution in [-0.4, -0.2) is 18.4 Å². The van der Waals surface area contributed by atoms with E-state index in [0.717, 1.165) is 22.4 Å². The van der Waals surface area contributed by atoms with Crippen LogP contribution in [-0.2, 0) is 0 Å². The number of hydrogen-bond donors (Lipinski definition) is 2. The fraction of sp³-hybridized carbons (Fsp3) is 0.0667. The Morgan fingerprint density at radius 1 is 1.10 bits per heavy atom. The second-order valence-electron chi connectivity index (χ2n) is 4.08. The van der Waals surface area contributed by atoms with Crippen LogP contribution in [0.4, 0.5) is 0 Å². The normalized spacial score (nSPS) is 10.4. The van der Waals surface area contributed by atoms with E-state index >= 15 is 0 Å². The van der Waals surface area contributed by atoms with Crippen LogP contribution < -0.4 is 15.9 Å². The summed E-state index contributed by atoms with van der Waals surface area (Å²) < 4.78 is 5.14. The Hall–Kier alpha value is -2.40. The Balaban J connectivity index is 2.10. The predicted molar refractivity (Wildman–Crippen MR) is 85.9 cm³/mol. The molecule has 0 aliphatic rings. The first-order valence-corrected chi connectivity index (χ1v) is 6.43. The summed E-state index contributed by atoms with van der Waals surface area (Å²) in [5.74, 6) is 0.848. The molecule has 20 heavy (non-hydrogen) atoms. The molecule has 0 saturated heterocycles. The summed E-state index contributed by atoms with van der Waals surface area (Å²) in [4.78, 5) is 0. The van der Waals surface area contributed by atoms with E-state index in [1.807, 2.05) is 48.5 Å². The lowest BCUT2D eigenvalue weighted by Crippen LogP contribution is -2.23. The highest BCUT2D eigenvalue weighted by atomic mass is 32.1. The van der Waals surface area contributed by atoms with Gasteiger partial charge in [0.2, 0.25) is 0 Å². The maximum atomic E-state index is 5.28. The Labute approximate surface area is 123 Å². The van der Waals surface area contributed by atoms with Gasteiger partial charge in [0.1, 0.15) is 5.75 Å². The molecule has 0 aromatic heterocycles. The first-order valence-electron chi connectivity index (χ1n) is 6.02. The topological polar surface area (TPSA) is 59.6 Å². The fourth-order valence-corrected chi connectivity index (χ4v) is 1.77. The molecule has 0 unspecified atom stereocenters. The molecule has 4 nitrogen and oxygen atoms in total. The van der Waals surface area contributed by atoms with Crippen molar-refractivity contribution < 1.29 is 4.74 Å². The smallest absolute Gasteiger partial charge is 0.184 e. The molecule has 0 saturated carbocycles. The molecule has 5 heteroatoms. The highest BCUT2D eigenvalue weighted by molar-refractivity contribution is 7.80. The first kappa shape index (κ1) is 14.0. The summed E-state index contributed by atoms with van der Waals surface area (Å²) in [6, 6.07) is 15.9. The highest BCUT2D eigenvalue weighted by Gasteiger charge is 1.98. The van der Waals surface area contributed by atoms with E-state index in [1.165, 1.54) is 0 Å². The van der Waals surface area contributed by atoms with E-state index in [9.17, 15) is 0 Å². The molecule has 0 spiro atoms. The summed E-state index contributed by atoms with van der Waals surface area (Å²) >= 11 is 4.66. The largest absolute Gasteiger partial charge is 0.497 e. The van der Waals surface area contributed by atoms with Crippen molar-refractivity contribution in [2.75, 3.05) is 7.11 Å². The molecule has 0 heterocycles. The number of nitrogens with two attached hydrogens (primary N) is 1. The van der Waals surface area contributed by atoms with Crippen molar-refractivity contribution in [3.63, 3.8) is 0 Å². The third kappa shape index (κ3) is 3.80. The van der Waals surface area contributed by atoms with Gasteiger partial charge in [-0.05, 0) is 41.0 Å². The minimum absolute atomic E-state index is 0.149. The number of hydrogen-bond acceptors (Lipinski definition) is 3. The van der Waals surface area contributed by atoms with Gasteiger partial charge in [0.25, 0.3) is 0 Å². The molecular formula is C15H15N3OS. The quantitative estimate of drug-likeness (QED) is 0.515. The van der Waals surface area contributed by atoms with Gasteiger partial charge in [-0.3, -0.25) is 5.43 Å². The summed E-state index contributed by atoms with van der Waals surface area (Å²) in [5, 5.41) is 4.06. The van der Waals surface area contributed by atoms with Crippen molar-refractivity contribution in [1.29, 1.82) is 0 Å². The zero-order valence-electron chi connectivity index (χ0n) is 11.0. The van der Waals surface area contributed by atoms with Gasteiger partial charge in [0, 0.05) is 0 Å². The molecule has 0 fully saturated rings. The van der Waals surface area contributed by atoms with Crippen LogP contribution in [0.3, 0.4) is 0 Å². The first-order chi connectivity index (χ1) is 9.69. The highest BCUT2D eigenvalue weighted by Crippen LogP contribution is 2.22. The van der Waals surface area contributed by atoms with Crippen LogP contribution >= 0.6 is 12.2 Å². The molecule has 0 aliphatic carbocycles. The van der Waals surface area contributed by atoms with Crippen molar-refractivity contribution in [2.24, 2.45) is 10.8 Å². The lowest BCUT2D eigenvalue weighted by molar-refractivity contribution is 0.415. The van der Waals surface area contributed by atoms with E-state index in [0.29, 0.717) is 0 Å². The number of ether oxygens (including phenoxy) is 1. The van der Waals surface area contributed by atoms with Crippen LogP contribution in [0, 0.1) is 0 Å². The van der Waals surface area contributed by atoms with Gasteiger partial charge in [-0.2, -0.15) is 5.10 Å². The van der Waals surface area contributed by atoms with Gasteiger partial charge in [-0.25, -0.2) is 0 Å². The number of rotatable bonds is 4. The number of benzene rings is 2.